The number of hydrogen-bond acceptors (Lipinski definition) is 6. The van der Waals surface area contributed by atoms with Crippen LogP contribution in [0.25, 0.3) is 0 Å². The Bertz CT molecular complexity index is 1020. The summed E-state index contributed by atoms with van der Waals surface area (Å²) in [4.78, 5) is -0.0908. The number of hydrogen-bond donors (Lipinski definition) is 0. The van der Waals surface area contributed by atoms with Gasteiger partial charge in [0.25, 0.3) is 0 Å². The van der Waals surface area contributed by atoms with E-state index in [2.05, 4.69) is 0 Å². The van der Waals surface area contributed by atoms with Crippen molar-refractivity contribution in [2.24, 2.45) is 0 Å². The van der Waals surface area contributed by atoms with Gasteiger partial charge in [0.2, 0.25) is 0 Å². The van der Waals surface area contributed by atoms with Crippen LogP contribution in [0.5, 0.6) is 11.5 Å². The normalized spacial score (nSPS) is 16.1. The molecule has 8 heteroatoms. The Labute approximate surface area is 147 Å². The Morgan fingerprint density at radius 2 is 1.56 bits per heavy atom. The average molecular weight is 382 g/mol. The van der Waals surface area contributed by atoms with Crippen molar-refractivity contribution in [3.05, 3.63) is 48.0 Å². The van der Waals surface area contributed by atoms with Crippen LogP contribution in [0.4, 0.5) is 0 Å². The van der Waals surface area contributed by atoms with Crippen molar-refractivity contribution in [1.82, 2.24) is 0 Å². The van der Waals surface area contributed by atoms with Crippen LogP contribution >= 0.6 is 0 Å². The summed E-state index contributed by atoms with van der Waals surface area (Å²) in [6, 6.07) is 9.99. The Morgan fingerprint density at radius 1 is 0.960 bits per heavy atom. The fourth-order valence-electron chi connectivity index (χ4n) is 2.67. The maximum Gasteiger partial charge on any atom is 0.339 e. The highest BCUT2D eigenvalue weighted by Crippen LogP contribution is 2.42. The first-order valence-corrected chi connectivity index (χ1v) is 10.8. The van der Waals surface area contributed by atoms with Crippen LogP contribution in [0.1, 0.15) is 19.4 Å². The summed E-state index contributed by atoms with van der Waals surface area (Å²) in [5.41, 5.74) is 0.452. The zero-order chi connectivity index (χ0) is 18.5. The van der Waals surface area contributed by atoms with Gasteiger partial charge in [-0.05, 0) is 44.2 Å². The summed E-state index contributed by atoms with van der Waals surface area (Å²) in [6.07, 6.45) is 1.71. The summed E-state index contributed by atoms with van der Waals surface area (Å²) >= 11 is 0. The van der Waals surface area contributed by atoms with Crippen molar-refractivity contribution in [3.63, 3.8) is 0 Å². The predicted molar refractivity (Wildman–Crippen MR) is 92.2 cm³/mol. The summed E-state index contributed by atoms with van der Waals surface area (Å²) in [6.45, 7) is 3.82. The third kappa shape index (κ3) is 3.64. The van der Waals surface area contributed by atoms with Gasteiger partial charge in [-0.25, -0.2) is 8.42 Å². The molecule has 0 amide bonds. The van der Waals surface area contributed by atoms with E-state index in [0.717, 1.165) is 11.8 Å². The van der Waals surface area contributed by atoms with Gasteiger partial charge in [0.15, 0.2) is 21.3 Å². The molecule has 0 N–H and O–H groups in total. The second kappa shape index (κ2) is 5.74. The molecule has 2 aromatic carbocycles. The molecule has 0 saturated heterocycles. The molecule has 0 atom stereocenters. The number of fused-ring (bicyclic) bond motifs is 1. The lowest BCUT2D eigenvalue weighted by molar-refractivity contribution is 0.136. The Morgan fingerprint density at radius 3 is 2.16 bits per heavy atom. The molecule has 3 rings (SSSR count). The molecule has 2 aromatic rings. The lowest BCUT2D eigenvalue weighted by Crippen LogP contribution is -2.24. The van der Waals surface area contributed by atoms with E-state index in [1.807, 2.05) is 19.9 Å². The number of benzene rings is 2. The molecule has 0 bridgehead atoms. The van der Waals surface area contributed by atoms with E-state index in [4.69, 9.17) is 8.92 Å². The van der Waals surface area contributed by atoms with Gasteiger partial charge in [0.05, 0.1) is 4.90 Å². The van der Waals surface area contributed by atoms with Crippen LogP contribution < -0.4 is 8.92 Å². The Balaban J connectivity index is 1.93. The minimum Gasteiger partial charge on any atom is -0.483 e. The van der Waals surface area contributed by atoms with E-state index in [0.29, 0.717) is 12.2 Å². The van der Waals surface area contributed by atoms with Gasteiger partial charge in [-0.2, -0.15) is 8.42 Å². The molecular weight excluding hydrogens is 364 g/mol. The summed E-state index contributed by atoms with van der Waals surface area (Å²) < 4.78 is 59.0. The molecule has 0 aliphatic carbocycles. The van der Waals surface area contributed by atoms with Crippen molar-refractivity contribution in [2.45, 2.75) is 35.7 Å². The number of para-hydroxylation sites is 1. The fourth-order valence-corrected chi connectivity index (χ4v) is 4.24. The zero-order valence-corrected chi connectivity index (χ0v) is 15.6. The van der Waals surface area contributed by atoms with Gasteiger partial charge < -0.3 is 8.92 Å². The first-order valence-electron chi connectivity index (χ1n) is 7.53. The van der Waals surface area contributed by atoms with Crippen molar-refractivity contribution < 1.29 is 25.8 Å². The summed E-state index contributed by atoms with van der Waals surface area (Å²) in [7, 11) is -7.51. The first-order chi connectivity index (χ1) is 11.5. The maximum atomic E-state index is 12.5. The van der Waals surface area contributed by atoms with Crippen LogP contribution in [0.15, 0.2) is 52.3 Å². The molecule has 0 unspecified atom stereocenters. The van der Waals surface area contributed by atoms with Crippen LogP contribution in [-0.2, 0) is 26.4 Å². The van der Waals surface area contributed by atoms with Gasteiger partial charge >= 0.3 is 10.1 Å². The van der Waals surface area contributed by atoms with Crippen molar-refractivity contribution >= 4 is 20.0 Å². The summed E-state index contributed by atoms with van der Waals surface area (Å²) in [5.74, 6) is 0.541. The van der Waals surface area contributed by atoms with Crippen LogP contribution in [-0.4, -0.2) is 28.7 Å². The van der Waals surface area contributed by atoms with Gasteiger partial charge in [-0.3, -0.25) is 0 Å². The number of sulfone groups is 1. The standard InChI is InChI=1S/C17H18O6S2/c1-17(2)11-12-5-4-6-15(16(12)22-17)23-25(20,21)14-9-7-13(8-10-14)24(3,18)19/h4-10H,11H2,1-3H3. The zero-order valence-electron chi connectivity index (χ0n) is 14.0. The molecule has 1 aliphatic rings. The molecular formula is C17H18O6S2. The molecule has 0 fully saturated rings. The number of rotatable bonds is 4. The highest BCUT2D eigenvalue weighted by atomic mass is 32.2. The van der Waals surface area contributed by atoms with E-state index in [9.17, 15) is 16.8 Å². The minimum atomic E-state index is -4.11. The smallest absolute Gasteiger partial charge is 0.339 e. The lowest BCUT2D eigenvalue weighted by atomic mass is 10.0. The van der Waals surface area contributed by atoms with E-state index >= 15 is 0 Å². The van der Waals surface area contributed by atoms with Gasteiger partial charge in [-0.15, -0.1) is 0 Å². The van der Waals surface area contributed by atoms with Crippen LogP contribution in [0, 0.1) is 0 Å². The van der Waals surface area contributed by atoms with Crippen LogP contribution in [0.3, 0.4) is 0 Å². The molecule has 0 spiro atoms. The van der Waals surface area contributed by atoms with Gasteiger partial charge in [-0.1, -0.05) is 12.1 Å². The van der Waals surface area contributed by atoms with E-state index in [1.165, 1.54) is 30.3 Å². The third-order valence-electron chi connectivity index (χ3n) is 3.80. The van der Waals surface area contributed by atoms with Crippen molar-refractivity contribution in [1.29, 1.82) is 0 Å². The Kier molecular flexibility index (Phi) is 4.08. The largest absolute Gasteiger partial charge is 0.483 e. The first kappa shape index (κ1) is 17.8. The topological polar surface area (TPSA) is 86.7 Å². The lowest BCUT2D eigenvalue weighted by Gasteiger charge is -2.18. The van der Waals surface area contributed by atoms with Gasteiger partial charge in [0, 0.05) is 18.2 Å². The van der Waals surface area contributed by atoms with Crippen molar-refractivity contribution in [2.75, 3.05) is 6.26 Å². The second-order valence-electron chi connectivity index (χ2n) is 6.56. The second-order valence-corrected chi connectivity index (χ2v) is 10.1. The minimum absolute atomic E-state index is 0.0390. The molecule has 0 radical (unpaired) electrons. The molecule has 134 valence electrons. The highest BCUT2D eigenvalue weighted by Gasteiger charge is 2.33. The highest BCUT2D eigenvalue weighted by molar-refractivity contribution is 7.90. The van der Waals surface area contributed by atoms with Crippen LogP contribution in [0.2, 0.25) is 0 Å². The van der Waals surface area contributed by atoms with E-state index in [1.54, 1.807) is 6.07 Å². The van der Waals surface area contributed by atoms with Gasteiger partial charge in [0.1, 0.15) is 10.5 Å². The average Bonchev–Trinajstić information content (AvgIpc) is 2.81. The van der Waals surface area contributed by atoms with E-state index < -0.39 is 25.6 Å². The SMILES string of the molecule is CC1(C)Cc2cccc(OS(=O)(=O)c3ccc(S(C)(=O)=O)cc3)c2O1. The third-order valence-corrected chi connectivity index (χ3v) is 6.17. The predicted octanol–water partition coefficient (Wildman–Crippen LogP) is 2.57. The van der Waals surface area contributed by atoms with E-state index in [-0.39, 0.29) is 15.5 Å². The maximum absolute atomic E-state index is 12.5. The monoisotopic (exact) mass is 382 g/mol. The van der Waals surface area contributed by atoms with Crippen molar-refractivity contribution in [3.8, 4) is 11.5 Å². The number of ether oxygens (including phenoxy) is 1. The molecule has 0 aromatic heterocycles. The molecule has 6 nitrogen and oxygen atoms in total. The Hall–Kier alpha value is -2.06. The molecule has 1 aliphatic heterocycles. The molecule has 25 heavy (non-hydrogen) atoms. The molecule has 1 heterocycles. The molecule has 0 saturated carbocycles. The quantitative estimate of drug-likeness (QED) is 0.756. The summed E-state index contributed by atoms with van der Waals surface area (Å²) in [5, 5.41) is 0. The fraction of sp³-hybridized carbons (Fsp3) is 0.294.